The van der Waals surface area contributed by atoms with Crippen molar-refractivity contribution in [3.05, 3.63) is 0 Å². The van der Waals surface area contributed by atoms with E-state index >= 15 is 0 Å². The van der Waals surface area contributed by atoms with E-state index in [1.807, 2.05) is 0 Å². The third kappa shape index (κ3) is 2.10. The first-order chi connectivity index (χ1) is 7.52. The number of hydrogen-bond donors (Lipinski definition) is 1. The van der Waals surface area contributed by atoms with Crippen LogP contribution in [0.2, 0.25) is 0 Å². The monoisotopic (exact) mass is 226 g/mol. The van der Waals surface area contributed by atoms with Crippen molar-refractivity contribution in [2.45, 2.75) is 25.8 Å². The quantitative estimate of drug-likeness (QED) is 0.675. The van der Waals surface area contributed by atoms with Gasteiger partial charge in [0.2, 0.25) is 11.8 Å². The van der Waals surface area contributed by atoms with Crippen molar-refractivity contribution < 1.29 is 14.3 Å². The molecule has 5 heteroatoms. The second-order valence-corrected chi connectivity index (χ2v) is 5.07. The van der Waals surface area contributed by atoms with Gasteiger partial charge in [-0.25, -0.2) is 0 Å². The van der Waals surface area contributed by atoms with Crippen LogP contribution in [0.4, 0.5) is 0 Å². The van der Waals surface area contributed by atoms with Crippen LogP contribution in [-0.2, 0) is 14.3 Å². The fraction of sp³-hybridized carbons (Fsp3) is 0.818. The molecule has 90 valence electrons. The van der Waals surface area contributed by atoms with Crippen molar-refractivity contribution in [1.29, 1.82) is 0 Å². The summed E-state index contributed by atoms with van der Waals surface area (Å²) in [6.45, 7) is 4.39. The number of nitrogens with one attached hydrogen (secondary N) is 1. The highest BCUT2D eigenvalue weighted by Crippen LogP contribution is 2.25. The van der Waals surface area contributed by atoms with E-state index in [4.69, 9.17) is 4.74 Å². The molecule has 2 saturated heterocycles. The zero-order valence-corrected chi connectivity index (χ0v) is 9.78. The van der Waals surface area contributed by atoms with Crippen LogP contribution >= 0.6 is 0 Å². The van der Waals surface area contributed by atoms with Crippen molar-refractivity contribution in [3.8, 4) is 0 Å². The Morgan fingerprint density at radius 3 is 2.75 bits per heavy atom. The lowest BCUT2D eigenvalue weighted by Crippen LogP contribution is -2.56. The molecule has 2 aliphatic heterocycles. The van der Waals surface area contributed by atoms with Crippen molar-refractivity contribution in [2.24, 2.45) is 5.41 Å². The van der Waals surface area contributed by atoms with E-state index < -0.39 is 0 Å². The summed E-state index contributed by atoms with van der Waals surface area (Å²) in [5.41, 5.74) is 0.153. The highest BCUT2D eigenvalue weighted by molar-refractivity contribution is 6.00. The summed E-state index contributed by atoms with van der Waals surface area (Å²) < 4.78 is 5.15. The predicted octanol–water partition coefficient (Wildman–Crippen LogP) is -0.240. The zero-order valence-electron chi connectivity index (χ0n) is 9.78. The minimum atomic E-state index is -0.208. The molecule has 1 N–H and O–H groups in total. The molecule has 1 atom stereocenters. The molecule has 0 spiro atoms. The van der Waals surface area contributed by atoms with Crippen LogP contribution in [-0.4, -0.2) is 49.6 Å². The number of carbonyl (C=O) groups is 2. The van der Waals surface area contributed by atoms with Crippen LogP contribution in [0.15, 0.2) is 0 Å². The number of nitrogens with zero attached hydrogens (tertiary/aromatic N) is 1. The van der Waals surface area contributed by atoms with Gasteiger partial charge >= 0.3 is 0 Å². The first-order valence-corrected chi connectivity index (χ1v) is 5.63. The number of amides is 2. The number of piperidine rings is 1. The van der Waals surface area contributed by atoms with Crippen molar-refractivity contribution >= 4 is 11.8 Å². The van der Waals surface area contributed by atoms with Gasteiger partial charge in [0.15, 0.2) is 0 Å². The molecule has 0 bridgehead atoms. The van der Waals surface area contributed by atoms with Gasteiger partial charge in [-0.2, -0.15) is 0 Å². The molecule has 2 amide bonds. The van der Waals surface area contributed by atoms with Crippen LogP contribution in [0.25, 0.3) is 0 Å². The number of likely N-dealkylation sites (N-methyl/N-ethyl adjacent to an activating group) is 1. The maximum Gasteiger partial charge on any atom is 0.246 e. The Morgan fingerprint density at radius 2 is 2.19 bits per heavy atom. The van der Waals surface area contributed by atoms with E-state index in [-0.39, 0.29) is 23.3 Å². The number of imide groups is 1. The Labute approximate surface area is 95.1 Å². The lowest BCUT2D eigenvalue weighted by molar-refractivity contribution is -0.148. The fourth-order valence-electron chi connectivity index (χ4n) is 2.03. The van der Waals surface area contributed by atoms with Crippen LogP contribution in [0.1, 0.15) is 19.8 Å². The number of carbonyl (C=O) groups excluding carboxylic acids is 2. The third-order valence-electron chi connectivity index (χ3n) is 3.33. The topological polar surface area (TPSA) is 58.6 Å². The van der Waals surface area contributed by atoms with E-state index in [1.165, 1.54) is 4.90 Å². The molecular formula is C11H18N2O3. The molecule has 2 heterocycles. The van der Waals surface area contributed by atoms with E-state index in [2.05, 4.69) is 12.2 Å². The smallest absolute Gasteiger partial charge is 0.246 e. The molecule has 2 fully saturated rings. The van der Waals surface area contributed by atoms with Gasteiger partial charge in [0.05, 0.1) is 19.3 Å². The summed E-state index contributed by atoms with van der Waals surface area (Å²) in [5, 5.41) is 3.24. The average Bonchev–Trinajstić information content (AvgIpc) is 2.22. The van der Waals surface area contributed by atoms with Crippen molar-refractivity contribution in [1.82, 2.24) is 10.2 Å². The molecule has 0 aromatic rings. The van der Waals surface area contributed by atoms with Gasteiger partial charge in [-0.1, -0.05) is 6.92 Å². The van der Waals surface area contributed by atoms with E-state index in [0.29, 0.717) is 12.8 Å². The second-order valence-electron chi connectivity index (χ2n) is 5.07. The number of rotatable bonds is 3. The molecule has 0 aromatic carbocycles. The molecular weight excluding hydrogens is 208 g/mol. The normalized spacial score (nSPS) is 29.1. The molecule has 2 rings (SSSR count). The maximum atomic E-state index is 11.8. The summed E-state index contributed by atoms with van der Waals surface area (Å²) in [6, 6.07) is -0.208. The SMILES string of the molecule is CN1C(=O)CCC(NCC2(C)COC2)C1=O. The minimum absolute atomic E-state index is 0.0822. The predicted molar refractivity (Wildman–Crippen MR) is 57.7 cm³/mol. The summed E-state index contributed by atoms with van der Waals surface area (Å²) in [6.07, 6.45) is 1.06. The molecule has 1 unspecified atom stereocenters. The summed E-state index contributed by atoms with van der Waals surface area (Å²) >= 11 is 0. The molecule has 0 radical (unpaired) electrons. The fourth-order valence-corrected chi connectivity index (χ4v) is 2.03. The Kier molecular flexibility index (Phi) is 2.99. The number of likely N-dealkylation sites (tertiary alicyclic amines) is 1. The van der Waals surface area contributed by atoms with Gasteiger partial charge in [-0.3, -0.25) is 14.5 Å². The second kappa shape index (κ2) is 4.14. The largest absolute Gasteiger partial charge is 0.380 e. The van der Waals surface area contributed by atoms with Crippen LogP contribution < -0.4 is 5.32 Å². The molecule has 5 nitrogen and oxygen atoms in total. The minimum Gasteiger partial charge on any atom is -0.380 e. The molecule has 0 aromatic heterocycles. The lowest BCUT2D eigenvalue weighted by atomic mass is 9.88. The van der Waals surface area contributed by atoms with Crippen LogP contribution in [0.5, 0.6) is 0 Å². The summed E-state index contributed by atoms with van der Waals surface area (Å²) in [4.78, 5) is 24.3. The van der Waals surface area contributed by atoms with Gasteiger partial charge in [0.1, 0.15) is 0 Å². The molecule has 16 heavy (non-hydrogen) atoms. The lowest BCUT2D eigenvalue weighted by Gasteiger charge is -2.40. The Hall–Kier alpha value is -0.940. The van der Waals surface area contributed by atoms with E-state index in [1.54, 1.807) is 7.05 Å². The molecule has 0 saturated carbocycles. The van der Waals surface area contributed by atoms with Gasteiger partial charge < -0.3 is 10.1 Å². The molecule has 2 aliphatic rings. The van der Waals surface area contributed by atoms with Crippen molar-refractivity contribution in [2.75, 3.05) is 26.8 Å². The third-order valence-corrected chi connectivity index (χ3v) is 3.33. The standard InChI is InChI=1S/C11H18N2O3/c1-11(6-16-7-11)5-12-8-3-4-9(14)13(2)10(8)15/h8,12H,3-7H2,1-2H3. The molecule has 0 aliphatic carbocycles. The maximum absolute atomic E-state index is 11.8. The Bertz CT molecular complexity index is 312. The van der Waals surface area contributed by atoms with Crippen molar-refractivity contribution in [3.63, 3.8) is 0 Å². The van der Waals surface area contributed by atoms with Crippen LogP contribution in [0.3, 0.4) is 0 Å². The van der Waals surface area contributed by atoms with Gasteiger partial charge in [0, 0.05) is 25.4 Å². The zero-order chi connectivity index (χ0) is 11.8. The Morgan fingerprint density at radius 1 is 1.50 bits per heavy atom. The first kappa shape index (κ1) is 11.5. The number of ether oxygens (including phenoxy) is 1. The van der Waals surface area contributed by atoms with Gasteiger partial charge in [-0.15, -0.1) is 0 Å². The number of hydrogen-bond acceptors (Lipinski definition) is 4. The van der Waals surface area contributed by atoms with Gasteiger partial charge in [-0.05, 0) is 6.42 Å². The summed E-state index contributed by atoms with van der Waals surface area (Å²) in [7, 11) is 1.55. The first-order valence-electron chi connectivity index (χ1n) is 5.63. The Balaban J connectivity index is 1.85. The van der Waals surface area contributed by atoms with E-state index in [0.717, 1.165) is 19.8 Å². The highest BCUT2D eigenvalue weighted by Gasteiger charge is 2.36. The summed E-state index contributed by atoms with van der Waals surface area (Å²) in [5.74, 6) is -0.193. The highest BCUT2D eigenvalue weighted by atomic mass is 16.5. The van der Waals surface area contributed by atoms with Crippen LogP contribution in [0, 0.1) is 5.41 Å². The average molecular weight is 226 g/mol. The van der Waals surface area contributed by atoms with Gasteiger partial charge in [0.25, 0.3) is 0 Å². The van der Waals surface area contributed by atoms with E-state index in [9.17, 15) is 9.59 Å².